The standard InChI is InChI=1S/C21H22FN3O2/c1-13-7-12-19(27-13)14(2)23-21(26)20-17-5-3-4-6-18(17)25(24-20)16-10-8-15(22)9-11-16/h7-12,14H,3-6H2,1-2H3,(H,23,26). The van der Waals surface area contributed by atoms with Crippen LogP contribution in [0.25, 0.3) is 5.69 Å². The van der Waals surface area contributed by atoms with Gasteiger partial charge in [-0.3, -0.25) is 4.79 Å². The van der Waals surface area contributed by atoms with Crippen LogP contribution in [0.3, 0.4) is 0 Å². The lowest BCUT2D eigenvalue weighted by molar-refractivity contribution is 0.0928. The topological polar surface area (TPSA) is 60.1 Å². The molecule has 0 saturated heterocycles. The normalized spacial score (nSPS) is 14.6. The lowest BCUT2D eigenvalue weighted by Crippen LogP contribution is -2.28. The molecule has 0 radical (unpaired) electrons. The van der Waals surface area contributed by atoms with Crippen LogP contribution in [0.2, 0.25) is 0 Å². The van der Waals surface area contributed by atoms with Crippen molar-refractivity contribution in [3.8, 4) is 5.69 Å². The van der Waals surface area contributed by atoms with E-state index in [1.165, 1.54) is 12.1 Å². The van der Waals surface area contributed by atoms with Gasteiger partial charge >= 0.3 is 0 Å². The van der Waals surface area contributed by atoms with Crippen LogP contribution in [0.5, 0.6) is 0 Å². The lowest BCUT2D eigenvalue weighted by atomic mass is 9.95. The first-order chi connectivity index (χ1) is 13.0. The summed E-state index contributed by atoms with van der Waals surface area (Å²) in [7, 11) is 0. The van der Waals surface area contributed by atoms with Gasteiger partial charge in [0.2, 0.25) is 0 Å². The highest BCUT2D eigenvalue weighted by atomic mass is 19.1. The maximum atomic E-state index is 13.3. The van der Waals surface area contributed by atoms with Gasteiger partial charge in [0.15, 0.2) is 5.69 Å². The van der Waals surface area contributed by atoms with Crippen LogP contribution in [0.4, 0.5) is 4.39 Å². The first-order valence-corrected chi connectivity index (χ1v) is 9.27. The van der Waals surface area contributed by atoms with Gasteiger partial charge in [0.25, 0.3) is 5.91 Å². The van der Waals surface area contributed by atoms with Crippen molar-refractivity contribution in [1.82, 2.24) is 15.1 Å². The van der Waals surface area contributed by atoms with Gasteiger partial charge in [0.1, 0.15) is 17.3 Å². The molecular formula is C21H22FN3O2. The predicted octanol–water partition coefficient (Wildman–Crippen LogP) is 4.28. The van der Waals surface area contributed by atoms with Crippen molar-refractivity contribution in [2.75, 3.05) is 0 Å². The molecule has 0 aliphatic heterocycles. The minimum absolute atomic E-state index is 0.212. The van der Waals surface area contributed by atoms with E-state index < -0.39 is 0 Å². The minimum atomic E-state index is -0.291. The molecule has 0 saturated carbocycles. The van der Waals surface area contributed by atoms with E-state index in [1.54, 1.807) is 16.8 Å². The van der Waals surface area contributed by atoms with E-state index in [9.17, 15) is 9.18 Å². The van der Waals surface area contributed by atoms with Crippen LogP contribution in [0, 0.1) is 12.7 Å². The third-order valence-electron chi connectivity index (χ3n) is 5.00. The second-order valence-corrected chi connectivity index (χ2v) is 7.01. The lowest BCUT2D eigenvalue weighted by Gasteiger charge is -2.15. The van der Waals surface area contributed by atoms with Crippen molar-refractivity contribution in [1.29, 1.82) is 0 Å². The van der Waals surface area contributed by atoms with Crippen molar-refractivity contribution in [2.24, 2.45) is 0 Å². The molecule has 1 atom stereocenters. The molecule has 3 aromatic rings. The number of nitrogens with zero attached hydrogens (tertiary/aromatic N) is 2. The second kappa shape index (κ2) is 7.02. The van der Waals surface area contributed by atoms with Crippen LogP contribution >= 0.6 is 0 Å². The number of rotatable bonds is 4. The highest BCUT2D eigenvalue weighted by Crippen LogP contribution is 2.27. The van der Waals surface area contributed by atoms with E-state index >= 15 is 0 Å². The van der Waals surface area contributed by atoms with E-state index in [-0.39, 0.29) is 17.8 Å². The molecular weight excluding hydrogens is 345 g/mol. The van der Waals surface area contributed by atoms with Gasteiger partial charge in [-0.2, -0.15) is 5.10 Å². The molecule has 6 heteroatoms. The molecule has 2 heterocycles. The Morgan fingerprint density at radius 3 is 2.63 bits per heavy atom. The smallest absolute Gasteiger partial charge is 0.272 e. The van der Waals surface area contributed by atoms with Gasteiger partial charge in [-0.25, -0.2) is 9.07 Å². The second-order valence-electron chi connectivity index (χ2n) is 7.01. The molecule has 1 unspecified atom stereocenters. The Labute approximate surface area is 157 Å². The number of hydrogen-bond acceptors (Lipinski definition) is 3. The van der Waals surface area contributed by atoms with Crippen LogP contribution < -0.4 is 5.32 Å². The average molecular weight is 367 g/mol. The van der Waals surface area contributed by atoms with Crippen molar-refractivity contribution in [2.45, 2.75) is 45.6 Å². The van der Waals surface area contributed by atoms with Crippen molar-refractivity contribution < 1.29 is 13.6 Å². The Kier molecular flexibility index (Phi) is 4.56. The zero-order valence-corrected chi connectivity index (χ0v) is 15.5. The molecule has 1 aromatic carbocycles. The number of aryl methyl sites for hydroxylation is 1. The molecule has 4 rings (SSSR count). The number of aromatic nitrogens is 2. The number of fused-ring (bicyclic) bond motifs is 1. The summed E-state index contributed by atoms with van der Waals surface area (Å²) >= 11 is 0. The van der Waals surface area contributed by atoms with Gasteiger partial charge < -0.3 is 9.73 Å². The van der Waals surface area contributed by atoms with Gasteiger partial charge in [-0.15, -0.1) is 0 Å². The fourth-order valence-electron chi connectivity index (χ4n) is 3.60. The Balaban J connectivity index is 1.66. The Morgan fingerprint density at radius 1 is 1.19 bits per heavy atom. The summed E-state index contributed by atoms with van der Waals surface area (Å²) in [6.45, 7) is 3.76. The van der Waals surface area contributed by atoms with Crippen molar-refractivity contribution in [3.05, 3.63) is 70.7 Å². The summed E-state index contributed by atoms with van der Waals surface area (Å²) in [5.74, 6) is 1.02. The zero-order valence-electron chi connectivity index (χ0n) is 15.5. The number of furan rings is 1. The van der Waals surface area contributed by atoms with Gasteiger partial charge in [0, 0.05) is 11.3 Å². The monoisotopic (exact) mass is 367 g/mol. The highest BCUT2D eigenvalue weighted by molar-refractivity contribution is 5.94. The van der Waals surface area contributed by atoms with Crippen LogP contribution in [-0.2, 0) is 12.8 Å². The Bertz CT molecular complexity index is 972. The van der Waals surface area contributed by atoms with Crippen LogP contribution in [-0.4, -0.2) is 15.7 Å². The zero-order chi connectivity index (χ0) is 19.0. The summed E-state index contributed by atoms with van der Waals surface area (Å²) in [5, 5.41) is 7.58. The molecule has 27 heavy (non-hydrogen) atoms. The molecule has 0 bridgehead atoms. The average Bonchev–Trinajstić information content (AvgIpc) is 3.26. The molecule has 0 spiro atoms. The third-order valence-corrected chi connectivity index (χ3v) is 5.00. The van der Waals surface area contributed by atoms with E-state index in [0.717, 1.165) is 48.4 Å². The molecule has 2 aromatic heterocycles. The van der Waals surface area contributed by atoms with E-state index in [4.69, 9.17) is 4.42 Å². The number of carbonyl (C=O) groups is 1. The number of amides is 1. The first-order valence-electron chi connectivity index (χ1n) is 9.27. The van der Waals surface area contributed by atoms with Crippen LogP contribution in [0.1, 0.15) is 59.1 Å². The quantitative estimate of drug-likeness (QED) is 0.749. The summed E-state index contributed by atoms with van der Waals surface area (Å²) in [5.41, 5.74) is 3.25. The number of hydrogen-bond donors (Lipinski definition) is 1. The van der Waals surface area contributed by atoms with Gasteiger partial charge in [-0.1, -0.05) is 0 Å². The summed E-state index contributed by atoms with van der Waals surface area (Å²) in [4.78, 5) is 12.9. The van der Waals surface area contributed by atoms with Gasteiger partial charge in [-0.05, 0) is 75.9 Å². The molecule has 0 fully saturated rings. The number of nitrogens with one attached hydrogen (secondary N) is 1. The fourth-order valence-corrected chi connectivity index (χ4v) is 3.60. The Morgan fingerprint density at radius 2 is 1.93 bits per heavy atom. The van der Waals surface area contributed by atoms with E-state index in [1.807, 2.05) is 26.0 Å². The number of carbonyl (C=O) groups excluding carboxylic acids is 1. The summed E-state index contributed by atoms with van der Waals surface area (Å²) < 4.78 is 20.7. The fraction of sp³-hybridized carbons (Fsp3) is 0.333. The van der Waals surface area contributed by atoms with E-state index in [0.29, 0.717) is 11.5 Å². The maximum Gasteiger partial charge on any atom is 0.272 e. The maximum absolute atomic E-state index is 13.3. The summed E-state index contributed by atoms with van der Waals surface area (Å²) in [6, 6.07) is 9.69. The summed E-state index contributed by atoms with van der Waals surface area (Å²) in [6.07, 6.45) is 3.78. The van der Waals surface area contributed by atoms with E-state index in [2.05, 4.69) is 10.4 Å². The molecule has 5 nitrogen and oxygen atoms in total. The minimum Gasteiger partial charge on any atom is -0.464 e. The van der Waals surface area contributed by atoms with Crippen molar-refractivity contribution >= 4 is 5.91 Å². The van der Waals surface area contributed by atoms with Crippen molar-refractivity contribution in [3.63, 3.8) is 0 Å². The van der Waals surface area contributed by atoms with Gasteiger partial charge in [0.05, 0.1) is 11.7 Å². The molecule has 140 valence electrons. The van der Waals surface area contributed by atoms with Crippen LogP contribution in [0.15, 0.2) is 40.8 Å². The number of benzene rings is 1. The third kappa shape index (κ3) is 3.39. The first kappa shape index (κ1) is 17.5. The SMILES string of the molecule is Cc1ccc(C(C)NC(=O)c2nn(-c3ccc(F)cc3)c3c2CCCC3)o1. The molecule has 1 N–H and O–H groups in total. The Hall–Kier alpha value is -2.89. The molecule has 1 amide bonds. The predicted molar refractivity (Wildman–Crippen MR) is 99.5 cm³/mol. The number of halogens is 1. The molecule has 1 aliphatic carbocycles. The highest BCUT2D eigenvalue weighted by Gasteiger charge is 2.26. The molecule has 1 aliphatic rings. The largest absolute Gasteiger partial charge is 0.464 e.